The second kappa shape index (κ2) is 37.7. The molecular weight excluding hydrogens is 1400 g/mol. The van der Waals surface area contributed by atoms with Crippen molar-refractivity contribution in [1.29, 1.82) is 0 Å². The van der Waals surface area contributed by atoms with Crippen LogP contribution >= 0.6 is 66.7 Å². The Morgan fingerprint density at radius 1 is 0.511 bits per heavy atom. The quantitative estimate of drug-likeness (QED) is 0.0117. The molecule has 1 heterocycles. The highest BCUT2D eigenvalue weighted by molar-refractivity contribution is 9.10. The van der Waals surface area contributed by atoms with E-state index < -0.39 is 71.3 Å². The first-order valence-corrected chi connectivity index (χ1v) is 30.4. The molecule has 0 aliphatic heterocycles. The molecule has 7 N–H and O–H groups in total. The Morgan fingerprint density at radius 3 is 1.20 bits per heavy atom. The second-order valence-electron chi connectivity index (χ2n) is 19.5. The molecule has 0 spiro atoms. The zero-order valence-corrected chi connectivity index (χ0v) is 54.6. The highest BCUT2D eigenvalue weighted by Crippen LogP contribution is 2.32. The first kappa shape index (κ1) is 75.0. The molecule has 4 unspecified atom stereocenters. The molecule has 4 atom stereocenters. The van der Waals surface area contributed by atoms with Crippen LogP contribution in [0.4, 0.5) is 22.0 Å². The summed E-state index contributed by atoms with van der Waals surface area (Å²) in [6, 6.07) is 43.1. The molecule has 0 bridgehead atoms. The number of halogens is 10. The second-order valence-corrected chi connectivity index (χ2v) is 22.6. The number of amides is 1. The minimum absolute atomic E-state index is 0.0473. The van der Waals surface area contributed by atoms with Crippen LogP contribution in [-0.2, 0) is 30.3 Å². The van der Waals surface area contributed by atoms with Gasteiger partial charge in [0.2, 0.25) is 17.7 Å². The number of aldehydes is 1. The molecule has 0 radical (unpaired) electrons. The zero-order chi connectivity index (χ0) is 67.6. The van der Waals surface area contributed by atoms with Gasteiger partial charge in [0.15, 0.2) is 6.29 Å². The molecule has 0 saturated heterocycles. The molecule has 9 rings (SSSR count). The number of benzene rings is 8. The largest absolute Gasteiger partial charge is 0.466 e. The number of carbonyl (C=O) groups excluding carboxylic acids is 4. The minimum Gasteiger partial charge on any atom is -0.466 e. The number of hydrogen-bond acceptors (Lipinski definition) is 14. The monoisotopic (exact) mass is 1450 g/mol. The van der Waals surface area contributed by atoms with Crippen molar-refractivity contribution < 1.29 is 75.4 Å². The molecule has 484 valence electrons. The Hall–Kier alpha value is -7.74. The topological polar surface area (TPSA) is 245 Å². The van der Waals surface area contributed by atoms with Crippen molar-refractivity contribution in [3.8, 4) is 33.4 Å². The number of aliphatic hydroxyl groups excluding tert-OH is 4. The van der Waals surface area contributed by atoms with Crippen LogP contribution in [0.2, 0.25) is 15.1 Å². The number of rotatable bonds is 18. The smallest absolute Gasteiger partial charge is 0.308 e. The molecule has 25 heteroatoms. The lowest BCUT2D eigenvalue weighted by atomic mass is 9.99. The average molecular weight is 1460 g/mol. The number of hydrazine groups is 1. The van der Waals surface area contributed by atoms with Gasteiger partial charge in [-0.15, -0.1) is 10.2 Å². The summed E-state index contributed by atoms with van der Waals surface area (Å²) < 4.78 is 83.6. The molecule has 1 aromatic heterocycles. The maximum absolute atomic E-state index is 14.1. The number of hydrogen-bond donors (Lipinski definition) is 6. The fraction of sp³-hybridized carbons (Fsp3) is 0.194. The third kappa shape index (κ3) is 24.1. The summed E-state index contributed by atoms with van der Waals surface area (Å²) in [7, 11) is 0. The van der Waals surface area contributed by atoms with E-state index in [-0.39, 0.29) is 72.6 Å². The molecule has 0 aliphatic rings. The summed E-state index contributed by atoms with van der Waals surface area (Å²) in [4.78, 5) is 43.8. The van der Waals surface area contributed by atoms with Crippen LogP contribution in [0, 0.1) is 36.0 Å². The summed E-state index contributed by atoms with van der Waals surface area (Å²) in [5.41, 5.74) is 7.17. The SMILES string of the molecule is CCOC(=O)CC(O)c1cc(-c2ccc(Cl)cc2)ccc1F.CCOC(=O)CC(O)c1cc(Br)ccc1F.Cc1nnc(CC(O)c2cc(-c3ccc(Cl)cc3)ccc2F)o1.NNC(=O)CC(O)c1cc(-c2ccc(Cl)cc2)ccc1F.O=Cc1cc(Br)ccc1F. The van der Waals surface area contributed by atoms with E-state index in [1.54, 1.807) is 112 Å². The number of ether oxygens (including phenoxy) is 2. The van der Waals surface area contributed by atoms with Crippen molar-refractivity contribution in [2.45, 2.75) is 70.9 Å². The lowest BCUT2D eigenvalue weighted by Gasteiger charge is -2.13. The Morgan fingerprint density at radius 2 is 0.848 bits per heavy atom. The minimum atomic E-state index is -1.26. The van der Waals surface area contributed by atoms with E-state index in [1.807, 2.05) is 17.6 Å². The molecule has 0 saturated carbocycles. The van der Waals surface area contributed by atoms with Gasteiger partial charge in [-0.1, -0.05) is 121 Å². The first-order chi connectivity index (χ1) is 43.8. The fourth-order valence-corrected chi connectivity index (χ4v) is 9.39. The Kier molecular flexibility index (Phi) is 30.7. The number of esters is 2. The van der Waals surface area contributed by atoms with Crippen molar-refractivity contribution in [2.75, 3.05) is 13.2 Å². The summed E-state index contributed by atoms with van der Waals surface area (Å²) in [6.07, 6.45) is -5.05. The number of aromatic nitrogens is 2. The maximum atomic E-state index is 14.1. The predicted molar refractivity (Wildman–Crippen MR) is 346 cm³/mol. The number of aliphatic hydroxyl groups is 4. The van der Waals surface area contributed by atoms with E-state index in [0.717, 1.165) is 33.4 Å². The van der Waals surface area contributed by atoms with Crippen LogP contribution in [0.15, 0.2) is 177 Å². The maximum Gasteiger partial charge on any atom is 0.308 e. The average Bonchev–Trinajstić information content (AvgIpc) is 1.22. The lowest BCUT2D eigenvalue weighted by molar-refractivity contribution is -0.146. The fourth-order valence-electron chi connectivity index (χ4n) is 8.25. The molecule has 9 aromatic rings. The van der Waals surface area contributed by atoms with E-state index in [4.69, 9.17) is 49.8 Å². The van der Waals surface area contributed by atoms with Gasteiger partial charge < -0.3 is 34.3 Å². The van der Waals surface area contributed by atoms with Gasteiger partial charge in [0.25, 0.3) is 0 Å². The van der Waals surface area contributed by atoms with Crippen LogP contribution < -0.4 is 11.3 Å². The molecule has 0 aliphatic carbocycles. The van der Waals surface area contributed by atoms with E-state index in [2.05, 4.69) is 46.8 Å². The number of carbonyl (C=O) groups is 4. The normalized spacial score (nSPS) is 11.8. The molecular formula is C67H60Br2Cl3F5N4O11. The van der Waals surface area contributed by atoms with Crippen LogP contribution in [-0.4, -0.2) is 68.0 Å². The Balaban J connectivity index is 0.000000213. The van der Waals surface area contributed by atoms with Crippen LogP contribution in [0.3, 0.4) is 0 Å². The Bertz CT molecular complexity index is 3900. The van der Waals surface area contributed by atoms with E-state index in [9.17, 15) is 61.6 Å². The van der Waals surface area contributed by atoms with Gasteiger partial charge in [-0.05, 0) is 156 Å². The molecule has 1 amide bonds. The van der Waals surface area contributed by atoms with Crippen molar-refractivity contribution in [2.24, 2.45) is 5.84 Å². The van der Waals surface area contributed by atoms with Crippen molar-refractivity contribution >= 4 is 90.8 Å². The molecule has 0 fully saturated rings. The van der Waals surface area contributed by atoms with Crippen molar-refractivity contribution in [3.05, 3.63) is 256 Å². The third-order valence-electron chi connectivity index (χ3n) is 12.8. The number of aryl methyl sites for hydroxylation is 1. The van der Waals surface area contributed by atoms with Gasteiger partial charge in [-0.25, -0.2) is 27.8 Å². The molecule has 15 nitrogen and oxygen atoms in total. The molecule has 92 heavy (non-hydrogen) atoms. The Labute approximate surface area is 558 Å². The molecule has 8 aromatic carbocycles. The van der Waals surface area contributed by atoms with Gasteiger partial charge in [0, 0.05) is 53.2 Å². The lowest BCUT2D eigenvalue weighted by Crippen LogP contribution is -2.31. The summed E-state index contributed by atoms with van der Waals surface area (Å²) >= 11 is 23.8. The summed E-state index contributed by atoms with van der Waals surface area (Å²) in [5, 5.41) is 49.3. The highest BCUT2D eigenvalue weighted by atomic mass is 79.9. The highest BCUT2D eigenvalue weighted by Gasteiger charge is 2.22. The van der Waals surface area contributed by atoms with Gasteiger partial charge in [0.05, 0.1) is 68.9 Å². The van der Waals surface area contributed by atoms with E-state index in [0.29, 0.717) is 36.2 Å². The van der Waals surface area contributed by atoms with Crippen molar-refractivity contribution in [1.82, 2.24) is 15.6 Å². The zero-order valence-electron chi connectivity index (χ0n) is 49.1. The number of nitrogens with two attached hydrogens (primary N) is 1. The third-order valence-corrected chi connectivity index (χ3v) is 14.5. The van der Waals surface area contributed by atoms with Crippen LogP contribution in [0.25, 0.3) is 33.4 Å². The van der Waals surface area contributed by atoms with Gasteiger partial charge >= 0.3 is 11.9 Å². The standard InChI is InChI=1S/C17H14ClFN2O2.C17H16ClFO3.C15H14ClFN2O2.C11H12BrFO3.C7H4BrFO/c1-10-20-21-17(23-10)9-16(22)14-8-12(4-7-15(14)19)11-2-5-13(18)6-3-11;1-2-22-17(21)10-16(20)14-9-12(5-8-15(14)19)11-3-6-13(18)7-4-11;16-11-4-1-9(2-5-11)10-3-6-13(17)12(7-10)14(20)8-15(21)19-18;1-2-16-11(15)6-10(14)8-5-7(12)3-4-9(8)13;8-6-1-2-7(9)5(3-6)4-10/h2-8,16,22H,9H2,1H3;3-9,16,20H,2,10H2,1H3;1-7,14,20H,8,18H2,(H,19,21);3-5,10,14H,2,6H2,1H3;1-4H. The number of nitrogens with zero attached hydrogens (tertiary/aromatic N) is 2. The van der Waals surface area contributed by atoms with Gasteiger partial charge in [-0.3, -0.25) is 24.6 Å². The first-order valence-electron chi connectivity index (χ1n) is 27.7. The van der Waals surface area contributed by atoms with Gasteiger partial charge in [-0.2, -0.15) is 0 Å². The summed E-state index contributed by atoms with van der Waals surface area (Å²) in [6.45, 7) is 5.46. The van der Waals surface area contributed by atoms with Gasteiger partial charge in [0.1, 0.15) is 29.1 Å². The van der Waals surface area contributed by atoms with Crippen LogP contribution in [0.5, 0.6) is 0 Å². The predicted octanol–water partition coefficient (Wildman–Crippen LogP) is 15.8. The summed E-state index contributed by atoms with van der Waals surface area (Å²) in [5.74, 6) is 1.30. The van der Waals surface area contributed by atoms with Crippen molar-refractivity contribution in [3.63, 3.8) is 0 Å². The van der Waals surface area contributed by atoms with E-state index in [1.165, 1.54) is 60.7 Å². The van der Waals surface area contributed by atoms with Crippen LogP contribution in [0.1, 0.15) is 102 Å². The van der Waals surface area contributed by atoms with E-state index >= 15 is 0 Å². The number of nitrogens with one attached hydrogen (secondary N) is 1.